The van der Waals surface area contributed by atoms with Crippen LogP contribution in [0.5, 0.6) is 0 Å². The maximum Gasteiger partial charge on any atom is 0.0829 e. The van der Waals surface area contributed by atoms with Crippen molar-refractivity contribution in [3.63, 3.8) is 0 Å². The maximum atomic E-state index is 5.46. The van der Waals surface area contributed by atoms with Gasteiger partial charge >= 0.3 is 0 Å². The van der Waals surface area contributed by atoms with Crippen LogP contribution in [0.1, 0.15) is 5.69 Å². The molecule has 0 radical (unpaired) electrons. The van der Waals surface area contributed by atoms with Gasteiger partial charge in [0, 0.05) is 12.7 Å². The molecule has 0 aromatic carbocycles. The van der Waals surface area contributed by atoms with Crippen LogP contribution in [0, 0.1) is 3.57 Å². The fraction of sp³-hybridized carbons (Fsp3) is 0.111. The predicted octanol–water partition coefficient (Wildman–Crippen LogP) is 1.33. The van der Waals surface area contributed by atoms with Gasteiger partial charge in [0.2, 0.25) is 0 Å². The molecule has 0 aliphatic heterocycles. The zero-order valence-electron chi connectivity index (χ0n) is 7.39. The maximum absolute atomic E-state index is 5.46. The van der Waals surface area contributed by atoms with E-state index in [1.165, 1.54) is 0 Å². The van der Waals surface area contributed by atoms with E-state index in [4.69, 9.17) is 5.73 Å². The molecule has 2 N–H and O–H groups in total. The lowest BCUT2D eigenvalue weighted by atomic mass is 10.3. The second kappa shape index (κ2) is 4.05. The Morgan fingerprint density at radius 1 is 1.36 bits per heavy atom. The molecule has 0 fully saturated rings. The molecule has 2 aromatic rings. The van der Waals surface area contributed by atoms with Crippen LogP contribution in [0.25, 0.3) is 5.69 Å². The first kappa shape index (κ1) is 9.60. The molecule has 0 unspecified atom stereocenters. The Labute approximate surface area is 95.3 Å². The van der Waals surface area contributed by atoms with Gasteiger partial charge < -0.3 is 5.73 Å². The molecule has 72 valence electrons. The molecule has 0 aliphatic rings. The van der Waals surface area contributed by atoms with Gasteiger partial charge in [-0.05, 0) is 34.7 Å². The number of nitrogens with zero attached hydrogens (tertiary/aromatic N) is 3. The Morgan fingerprint density at radius 3 is 2.71 bits per heavy atom. The van der Waals surface area contributed by atoms with Crippen LogP contribution >= 0.6 is 22.6 Å². The third-order valence-corrected chi connectivity index (χ3v) is 2.39. The van der Waals surface area contributed by atoms with E-state index in [9.17, 15) is 0 Å². The molecule has 0 saturated heterocycles. The molecule has 5 heteroatoms. The van der Waals surface area contributed by atoms with Gasteiger partial charge in [-0.3, -0.25) is 4.98 Å². The Kier molecular flexibility index (Phi) is 2.78. The molecule has 2 heterocycles. The minimum absolute atomic E-state index is 0.469. The van der Waals surface area contributed by atoms with Crippen LogP contribution in [0.4, 0.5) is 0 Å². The Bertz CT molecular complexity index is 421. The van der Waals surface area contributed by atoms with Gasteiger partial charge in [-0.25, -0.2) is 4.68 Å². The summed E-state index contributed by atoms with van der Waals surface area (Å²) in [5.74, 6) is 0. The summed E-state index contributed by atoms with van der Waals surface area (Å²) in [6.45, 7) is 0.469. The van der Waals surface area contributed by atoms with Crippen LogP contribution in [-0.2, 0) is 6.54 Å². The standard InChI is InChI=1S/C9H9IN4/c10-7-4-13-14(6-7)9-2-1-8(3-11)12-5-9/h1-2,4-6H,3,11H2. The van der Waals surface area contributed by atoms with E-state index in [-0.39, 0.29) is 0 Å². The van der Waals surface area contributed by atoms with E-state index in [1.54, 1.807) is 17.1 Å². The average molecular weight is 300 g/mol. The fourth-order valence-electron chi connectivity index (χ4n) is 1.11. The van der Waals surface area contributed by atoms with Gasteiger partial charge in [-0.15, -0.1) is 0 Å². The van der Waals surface area contributed by atoms with Crippen molar-refractivity contribution in [1.29, 1.82) is 0 Å². The predicted molar refractivity (Wildman–Crippen MR) is 62.0 cm³/mol. The SMILES string of the molecule is NCc1ccc(-n2cc(I)cn2)cn1. The zero-order chi connectivity index (χ0) is 9.97. The van der Waals surface area contributed by atoms with Gasteiger partial charge in [-0.2, -0.15) is 5.10 Å². The Balaban J connectivity index is 2.33. The zero-order valence-corrected chi connectivity index (χ0v) is 9.55. The number of hydrogen-bond donors (Lipinski definition) is 1. The molecule has 0 atom stereocenters. The first-order chi connectivity index (χ1) is 6.79. The quantitative estimate of drug-likeness (QED) is 0.851. The third kappa shape index (κ3) is 1.93. The molecule has 2 rings (SSSR count). The van der Waals surface area contributed by atoms with Crippen molar-refractivity contribution < 1.29 is 0 Å². The van der Waals surface area contributed by atoms with Crippen molar-refractivity contribution in [3.8, 4) is 5.69 Å². The van der Waals surface area contributed by atoms with E-state index < -0.39 is 0 Å². The summed E-state index contributed by atoms with van der Waals surface area (Å²) in [5, 5.41) is 4.18. The number of aromatic nitrogens is 3. The van der Waals surface area contributed by atoms with E-state index in [0.29, 0.717) is 6.54 Å². The highest BCUT2D eigenvalue weighted by Crippen LogP contribution is 2.08. The highest BCUT2D eigenvalue weighted by atomic mass is 127. The van der Waals surface area contributed by atoms with Crippen molar-refractivity contribution in [3.05, 3.63) is 40.0 Å². The number of halogens is 1. The largest absolute Gasteiger partial charge is 0.325 e. The van der Waals surface area contributed by atoms with Gasteiger partial charge in [0.05, 0.1) is 27.3 Å². The molecule has 0 spiro atoms. The lowest BCUT2D eigenvalue weighted by Crippen LogP contribution is -2.01. The summed E-state index contributed by atoms with van der Waals surface area (Å²) in [5.41, 5.74) is 7.29. The topological polar surface area (TPSA) is 56.7 Å². The number of rotatable bonds is 2. The molecular weight excluding hydrogens is 291 g/mol. The molecule has 0 amide bonds. The van der Waals surface area contributed by atoms with Gasteiger partial charge in [0.25, 0.3) is 0 Å². The van der Waals surface area contributed by atoms with Crippen LogP contribution < -0.4 is 5.73 Å². The third-order valence-electron chi connectivity index (χ3n) is 1.83. The van der Waals surface area contributed by atoms with E-state index >= 15 is 0 Å². The van der Waals surface area contributed by atoms with E-state index in [2.05, 4.69) is 32.7 Å². The summed E-state index contributed by atoms with van der Waals surface area (Å²) < 4.78 is 2.89. The Hall–Kier alpha value is -0.950. The van der Waals surface area contributed by atoms with Gasteiger partial charge in [0.15, 0.2) is 0 Å². The summed E-state index contributed by atoms with van der Waals surface area (Å²) in [4.78, 5) is 4.19. The fourth-order valence-corrected chi connectivity index (χ4v) is 1.50. The van der Waals surface area contributed by atoms with Crippen molar-refractivity contribution in [1.82, 2.24) is 14.8 Å². The van der Waals surface area contributed by atoms with Crippen molar-refractivity contribution in [2.24, 2.45) is 5.73 Å². The van der Waals surface area contributed by atoms with Crippen LogP contribution in [0.2, 0.25) is 0 Å². The molecule has 2 aromatic heterocycles. The van der Waals surface area contributed by atoms with E-state index in [1.807, 2.05) is 18.3 Å². The molecule has 0 aliphatic carbocycles. The Morgan fingerprint density at radius 2 is 2.21 bits per heavy atom. The highest BCUT2D eigenvalue weighted by Gasteiger charge is 1.98. The minimum atomic E-state index is 0.469. The smallest absolute Gasteiger partial charge is 0.0829 e. The van der Waals surface area contributed by atoms with E-state index in [0.717, 1.165) is 15.0 Å². The highest BCUT2D eigenvalue weighted by molar-refractivity contribution is 14.1. The summed E-state index contributed by atoms with van der Waals surface area (Å²) >= 11 is 2.22. The van der Waals surface area contributed by atoms with Gasteiger partial charge in [0.1, 0.15) is 0 Å². The lowest BCUT2D eigenvalue weighted by molar-refractivity contribution is 0.865. The van der Waals surface area contributed by atoms with Crippen LogP contribution in [0.15, 0.2) is 30.7 Å². The summed E-state index contributed by atoms with van der Waals surface area (Å²) in [6.07, 6.45) is 5.52. The van der Waals surface area contributed by atoms with Crippen molar-refractivity contribution >= 4 is 22.6 Å². The minimum Gasteiger partial charge on any atom is -0.325 e. The first-order valence-electron chi connectivity index (χ1n) is 4.15. The monoisotopic (exact) mass is 300 g/mol. The molecular formula is C9H9IN4. The number of nitrogens with two attached hydrogens (primary N) is 1. The molecule has 0 saturated carbocycles. The molecule has 0 bridgehead atoms. The molecule has 4 nitrogen and oxygen atoms in total. The first-order valence-corrected chi connectivity index (χ1v) is 5.23. The molecule has 14 heavy (non-hydrogen) atoms. The normalized spacial score (nSPS) is 10.4. The second-order valence-electron chi connectivity index (χ2n) is 2.81. The van der Waals surface area contributed by atoms with Crippen LogP contribution in [-0.4, -0.2) is 14.8 Å². The summed E-state index contributed by atoms with van der Waals surface area (Å²) in [7, 11) is 0. The van der Waals surface area contributed by atoms with Crippen LogP contribution in [0.3, 0.4) is 0 Å². The van der Waals surface area contributed by atoms with Gasteiger partial charge in [-0.1, -0.05) is 0 Å². The second-order valence-corrected chi connectivity index (χ2v) is 4.06. The number of hydrogen-bond acceptors (Lipinski definition) is 3. The number of pyridine rings is 1. The van der Waals surface area contributed by atoms with Crippen molar-refractivity contribution in [2.45, 2.75) is 6.54 Å². The average Bonchev–Trinajstić information content (AvgIpc) is 2.65. The van der Waals surface area contributed by atoms with Crippen molar-refractivity contribution in [2.75, 3.05) is 0 Å². The lowest BCUT2D eigenvalue weighted by Gasteiger charge is -2.00. The summed E-state index contributed by atoms with van der Waals surface area (Å²) in [6, 6.07) is 3.86.